The van der Waals surface area contributed by atoms with Crippen LogP contribution in [0.2, 0.25) is 0 Å². The van der Waals surface area contributed by atoms with Crippen LogP contribution in [0.5, 0.6) is 5.19 Å². The van der Waals surface area contributed by atoms with E-state index in [0.29, 0.717) is 23.6 Å². The summed E-state index contributed by atoms with van der Waals surface area (Å²) in [7, 11) is 0. The van der Waals surface area contributed by atoms with E-state index in [9.17, 15) is 0 Å². The van der Waals surface area contributed by atoms with Gasteiger partial charge in [0.15, 0.2) is 0 Å². The highest BCUT2D eigenvalue weighted by molar-refractivity contribution is 7.13. The van der Waals surface area contributed by atoms with Gasteiger partial charge in [0.05, 0.1) is 19.1 Å². The molecule has 0 bridgehead atoms. The fraction of sp³-hybridized carbons (Fsp3) is 0.750. The second-order valence-electron chi connectivity index (χ2n) is 3.14. The number of nitrogens with zero attached hydrogens (tertiary/aromatic N) is 2. The molecule has 1 aromatic rings. The highest BCUT2D eigenvalue weighted by Crippen LogP contribution is 2.21. The summed E-state index contributed by atoms with van der Waals surface area (Å²) in [5.41, 5.74) is 0. The molecule has 0 aromatic carbocycles. The molecule has 1 aromatic heterocycles. The third-order valence-corrected chi connectivity index (χ3v) is 3.28. The van der Waals surface area contributed by atoms with Crippen molar-refractivity contribution in [1.82, 2.24) is 10.2 Å². The monoisotopic (exact) mass is 234 g/mol. The smallest absolute Gasteiger partial charge is 0.294 e. The zero-order valence-corrected chi connectivity index (χ0v) is 9.18. The van der Waals surface area contributed by atoms with Crippen molar-refractivity contribution in [3.63, 3.8) is 0 Å². The fourth-order valence-corrected chi connectivity index (χ4v) is 2.02. The topological polar surface area (TPSA) is 44.2 Å². The van der Waals surface area contributed by atoms with E-state index in [1.165, 1.54) is 11.3 Å². The maximum Gasteiger partial charge on any atom is 0.294 e. The van der Waals surface area contributed by atoms with Crippen LogP contribution in [-0.2, 0) is 10.6 Å². The minimum Gasteiger partial charge on any atom is -0.469 e. The summed E-state index contributed by atoms with van der Waals surface area (Å²) in [5.74, 6) is 0.895. The standard InChI is InChI=1S/C8H11ClN2O2S/c9-3-7-10-11-8(14-7)13-5-6-1-2-12-4-6/h6H,1-5H2. The van der Waals surface area contributed by atoms with Crippen molar-refractivity contribution >= 4 is 22.9 Å². The van der Waals surface area contributed by atoms with Gasteiger partial charge in [-0.2, -0.15) is 0 Å². The summed E-state index contributed by atoms with van der Waals surface area (Å²) >= 11 is 7.00. The Kier molecular flexibility index (Phi) is 3.55. The Morgan fingerprint density at radius 2 is 2.50 bits per heavy atom. The van der Waals surface area contributed by atoms with Gasteiger partial charge in [0.1, 0.15) is 5.01 Å². The van der Waals surface area contributed by atoms with Crippen molar-refractivity contribution < 1.29 is 9.47 Å². The van der Waals surface area contributed by atoms with Crippen LogP contribution in [0.15, 0.2) is 0 Å². The molecule has 1 fully saturated rings. The number of rotatable bonds is 4. The Morgan fingerprint density at radius 3 is 3.14 bits per heavy atom. The Labute approximate surface area is 91.2 Å². The lowest BCUT2D eigenvalue weighted by molar-refractivity contribution is 0.166. The normalized spacial score (nSPS) is 21.4. The lowest BCUT2D eigenvalue weighted by Crippen LogP contribution is -2.11. The van der Waals surface area contributed by atoms with Gasteiger partial charge in [-0.15, -0.1) is 21.8 Å². The van der Waals surface area contributed by atoms with E-state index in [1.807, 2.05) is 0 Å². The average Bonchev–Trinajstić information content (AvgIpc) is 2.86. The molecule has 6 heteroatoms. The molecule has 1 aliphatic rings. The summed E-state index contributed by atoms with van der Waals surface area (Å²) in [4.78, 5) is 0. The van der Waals surface area contributed by atoms with Crippen LogP contribution in [0, 0.1) is 5.92 Å². The van der Waals surface area contributed by atoms with E-state index >= 15 is 0 Å². The van der Waals surface area contributed by atoms with Gasteiger partial charge in [0.2, 0.25) is 0 Å². The van der Waals surface area contributed by atoms with Crippen molar-refractivity contribution in [2.45, 2.75) is 12.3 Å². The van der Waals surface area contributed by atoms with Crippen molar-refractivity contribution in [2.75, 3.05) is 19.8 Å². The summed E-state index contributed by atoms with van der Waals surface area (Å²) in [6.07, 6.45) is 1.07. The minimum atomic E-state index is 0.396. The number of hydrogen-bond donors (Lipinski definition) is 0. The highest BCUT2D eigenvalue weighted by atomic mass is 35.5. The van der Waals surface area contributed by atoms with Crippen molar-refractivity contribution in [2.24, 2.45) is 5.92 Å². The van der Waals surface area contributed by atoms with Crippen LogP contribution in [0.25, 0.3) is 0 Å². The number of aromatic nitrogens is 2. The lowest BCUT2D eigenvalue weighted by atomic mass is 10.1. The van der Waals surface area contributed by atoms with Crippen molar-refractivity contribution in [3.05, 3.63) is 5.01 Å². The number of ether oxygens (including phenoxy) is 2. The predicted molar refractivity (Wildman–Crippen MR) is 53.9 cm³/mol. The van der Waals surface area contributed by atoms with Crippen LogP contribution >= 0.6 is 22.9 Å². The maximum absolute atomic E-state index is 5.60. The number of hydrogen-bond acceptors (Lipinski definition) is 5. The van der Waals surface area contributed by atoms with Gasteiger partial charge in [-0.25, -0.2) is 0 Å². The van der Waals surface area contributed by atoms with Gasteiger partial charge < -0.3 is 9.47 Å². The molecule has 0 N–H and O–H groups in total. The van der Waals surface area contributed by atoms with E-state index in [1.54, 1.807) is 0 Å². The average molecular weight is 235 g/mol. The van der Waals surface area contributed by atoms with Gasteiger partial charge >= 0.3 is 0 Å². The van der Waals surface area contributed by atoms with E-state index < -0.39 is 0 Å². The van der Waals surface area contributed by atoms with Crippen LogP contribution in [0.1, 0.15) is 11.4 Å². The largest absolute Gasteiger partial charge is 0.469 e. The summed E-state index contributed by atoms with van der Waals surface area (Å²) in [5, 5.41) is 9.13. The molecule has 1 atom stereocenters. The van der Waals surface area contributed by atoms with Gasteiger partial charge in [0.25, 0.3) is 5.19 Å². The Morgan fingerprint density at radius 1 is 1.57 bits per heavy atom. The lowest BCUT2D eigenvalue weighted by Gasteiger charge is -2.05. The molecular formula is C8H11ClN2O2S. The summed E-state index contributed by atoms with van der Waals surface area (Å²) in [6.45, 7) is 2.30. The minimum absolute atomic E-state index is 0.396. The van der Waals surface area contributed by atoms with E-state index in [4.69, 9.17) is 21.1 Å². The quantitative estimate of drug-likeness (QED) is 0.744. The molecule has 0 saturated carbocycles. The molecule has 4 nitrogen and oxygen atoms in total. The first-order valence-electron chi connectivity index (χ1n) is 4.47. The molecule has 1 saturated heterocycles. The molecule has 0 aliphatic carbocycles. The molecule has 0 radical (unpaired) electrons. The van der Waals surface area contributed by atoms with Crippen molar-refractivity contribution in [3.8, 4) is 5.19 Å². The zero-order valence-electron chi connectivity index (χ0n) is 7.61. The molecule has 1 unspecified atom stereocenters. The Bertz CT molecular complexity index is 289. The van der Waals surface area contributed by atoms with Gasteiger partial charge in [-0.1, -0.05) is 11.3 Å². The molecule has 14 heavy (non-hydrogen) atoms. The first kappa shape index (κ1) is 10.1. The summed E-state index contributed by atoms with van der Waals surface area (Å²) < 4.78 is 10.7. The third-order valence-electron chi connectivity index (χ3n) is 2.03. The second kappa shape index (κ2) is 4.91. The fourth-order valence-electron chi connectivity index (χ4n) is 1.25. The number of alkyl halides is 1. The molecule has 78 valence electrons. The Hall–Kier alpha value is -0.390. The molecule has 2 heterocycles. The van der Waals surface area contributed by atoms with Gasteiger partial charge in [-0.3, -0.25) is 0 Å². The van der Waals surface area contributed by atoms with Crippen LogP contribution in [-0.4, -0.2) is 30.0 Å². The molecule has 2 rings (SSSR count). The molecular weight excluding hydrogens is 224 g/mol. The summed E-state index contributed by atoms with van der Waals surface area (Å²) in [6, 6.07) is 0. The second-order valence-corrected chi connectivity index (χ2v) is 4.43. The van der Waals surface area contributed by atoms with E-state index in [-0.39, 0.29) is 0 Å². The van der Waals surface area contributed by atoms with Crippen LogP contribution in [0.4, 0.5) is 0 Å². The van der Waals surface area contributed by atoms with Crippen LogP contribution in [0.3, 0.4) is 0 Å². The van der Waals surface area contributed by atoms with Crippen LogP contribution < -0.4 is 4.74 Å². The maximum atomic E-state index is 5.60. The third kappa shape index (κ3) is 2.56. The van der Waals surface area contributed by atoms with E-state index in [0.717, 1.165) is 24.6 Å². The van der Waals surface area contributed by atoms with Gasteiger partial charge in [-0.05, 0) is 6.42 Å². The molecule has 0 amide bonds. The first-order chi connectivity index (χ1) is 6.88. The SMILES string of the molecule is ClCc1nnc(OCC2CCOC2)s1. The Balaban J connectivity index is 1.79. The van der Waals surface area contributed by atoms with E-state index in [2.05, 4.69) is 10.2 Å². The number of halogens is 1. The predicted octanol–water partition coefficient (Wildman–Crippen LogP) is 1.69. The first-order valence-corrected chi connectivity index (χ1v) is 5.82. The van der Waals surface area contributed by atoms with Gasteiger partial charge in [0, 0.05) is 12.5 Å². The molecule has 1 aliphatic heterocycles. The van der Waals surface area contributed by atoms with Crippen molar-refractivity contribution in [1.29, 1.82) is 0 Å². The highest BCUT2D eigenvalue weighted by Gasteiger charge is 2.17. The molecule has 0 spiro atoms. The zero-order chi connectivity index (χ0) is 9.80.